The Kier molecular flexibility index (Phi) is 14.4. The van der Waals surface area contributed by atoms with Crippen molar-refractivity contribution in [1.29, 1.82) is 0 Å². The summed E-state index contributed by atoms with van der Waals surface area (Å²) in [5, 5.41) is 51.6. The van der Waals surface area contributed by atoms with E-state index in [2.05, 4.69) is 32.9 Å². The standard InChI is InChI=1S/C29H48O11/c1-16(2)9-7-10-17(3)11-8-12-18(4)13-14-36-28-26(35)24(33)23(32)21(40-28)15-37-29-27(39-20(6)30)25(34)22(31)19(5)38-29/h9,11,13,19,21-29,31-35H,7-8,10,12,14-15H2,1-6H3/b17-11+,18-13+/t19-,21+,22-,23+,24-,25+,26+,27+,28+,29+/m0/s1. The zero-order chi connectivity index (χ0) is 30.0. The number of aliphatic hydroxyl groups excluding tert-OH is 5. The predicted octanol–water partition coefficient (Wildman–Crippen LogP) is 1.64. The summed E-state index contributed by atoms with van der Waals surface area (Å²) in [5.41, 5.74) is 3.76. The third-order valence-electron chi connectivity index (χ3n) is 6.99. The van der Waals surface area contributed by atoms with Crippen LogP contribution in [0, 0.1) is 0 Å². The maximum atomic E-state index is 11.5. The molecule has 0 radical (unpaired) electrons. The molecule has 0 unspecified atom stereocenters. The van der Waals surface area contributed by atoms with Gasteiger partial charge >= 0.3 is 5.97 Å². The molecule has 2 fully saturated rings. The second kappa shape index (κ2) is 16.7. The van der Waals surface area contributed by atoms with Crippen molar-refractivity contribution in [1.82, 2.24) is 0 Å². The Hall–Kier alpha value is -1.67. The number of carbonyl (C=O) groups is 1. The molecule has 11 heteroatoms. The average molecular weight is 573 g/mol. The highest BCUT2D eigenvalue weighted by Crippen LogP contribution is 2.27. The van der Waals surface area contributed by atoms with Gasteiger partial charge in [0.15, 0.2) is 18.7 Å². The summed E-state index contributed by atoms with van der Waals surface area (Å²) in [5.74, 6) is -0.710. The van der Waals surface area contributed by atoms with Crippen LogP contribution in [0.3, 0.4) is 0 Å². The van der Waals surface area contributed by atoms with Gasteiger partial charge in [-0.15, -0.1) is 0 Å². The molecule has 0 spiro atoms. The van der Waals surface area contributed by atoms with Crippen molar-refractivity contribution in [3.05, 3.63) is 34.9 Å². The summed E-state index contributed by atoms with van der Waals surface area (Å²) in [6.07, 6.45) is -2.99. The minimum Gasteiger partial charge on any atom is -0.454 e. The monoisotopic (exact) mass is 572 g/mol. The molecule has 2 saturated heterocycles. The van der Waals surface area contributed by atoms with Crippen molar-refractivity contribution < 1.29 is 54.0 Å². The Bertz CT molecular complexity index is 881. The summed E-state index contributed by atoms with van der Waals surface area (Å²) in [4.78, 5) is 11.5. The highest BCUT2D eigenvalue weighted by Gasteiger charge is 2.48. The summed E-state index contributed by atoms with van der Waals surface area (Å²) in [7, 11) is 0. The molecule has 2 aliphatic heterocycles. The highest BCUT2D eigenvalue weighted by molar-refractivity contribution is 5.66. The Morgan fingerprint density at radius 1 is 0.725 bits per heavy atom. The molecular weight excluding hydrogens is 524 g/mol. The lowest BCUT2D eigenvalue weighted by Crippen LogP contribution is -2.61. The molecule has 5 N–H and O–H groups in total. The van der Waals surface area contributed by atoms with Gasteiger partial charge in [-0.2, -0.15) is 0 Å². The van der Waals surface area contributed by atoms with E-state index in [1.807, 2.05) is 13.0 Å². The number of hydrogen-bond donors (Lipinski definition) is 5. The Morgan fingerprint density at radius 3 is 1.98 bits per heavy atom. The van der Waals surface area contributed by atoms with E-state index in [0.717, 1.165) is 38.2 Å². The van der Waals surface area contributed by atoms with Crippen molar-refractivity contribution >= 4 is 5.97 Å². The van der Waals surface area contributed by atoms with Gasteiger partial charge in [-0.1, -0.05) is 34.9 Å². The van der Waals surface area contributed by atoms with Crippen molar-refractivity contribution in [2.75, 3.05) is 13.2 Å². The number of esters is 1. The van der Waals surface area contributed by atoms with Gasteiger partial charge in [-0.25, -0.2) is 0 Å². The number of ether oxygens (including phenoxy) is 5. The summed E-state index contributed by atoms with van der Waals surface area (Å²) in [6.45, 7) is 10.7. The lowest BCUT2D eigenvalue weighted by molar-refractivity contribution is -0.327. The van der Waals surface area contributed by atoms with Crippen molar-refractivity contribution in [2.24, 2.45) is 0 Å². The largest absolute Gasteiger partial charge is 0.454 e. The molecule has 230 valence electrons. The van der Waals surface area contributed by atoms with Crippen LogP contribution in [0.5, 0.6) is 0 Å². The molecule has 40 heavy (non-hydrogen) atoms. The van der Waals surface area contributed by atoms with Crippen LogP contribution in [-0.2, 0) is 28.5 Å². The summed E-state index contributed by atoms with van der Waals surface area (Å²) < 4.78 is 27.6. The Morgan fingerprint density at radius 2 is 1.35 bits per heavy atom. The van der Waals surface area contributed by atoms with E-state index in [1.165, 1.54) is 18.1 Å². The van der Waals surface area contributed by atoms with Gasteiger partial charge in [0.2, 0.25) is 0 Å². The fraction of sp³-hybridized carbons (Fsp3) is 0.759. The van der Waals surface area contributed by atoms with E-state index in [-0.39, 0.29) is 13.2 Å². The lowest BCUT2D eigenvalue weighted by Gasteiger charge is -2.43. The fourth-order valence-corrected chi connectivity index (χ4v) is 4.46. The Labute approximate surface area is 237 Å². The first kappa shape index (κ1) is 34.5. The van der Waals surface area contributed by atoms with Crippen LogP contribution in [0.1, 0.15) is 67.2 Å². The van der Waals surface area contributed by atoms with E-state index < -0.39 is 67.4 Å². The van der Waals surface area contributed by atoms with Gasteiger partial charge in [0.1, 0.15) is 36.6 Å². The first-order chi connectivity index (χ1) is 18.8. The van der Waals surface area contributed by atoms with Crippen LogP contribution in [0.2, 0.25) is 0 Å². The Balaban J connectivity index is 1.89. The molecule has 0 aromatic carbocycles. The zero-order valence-corrected chi connectivity index (χ0v) is 24.4. The first-order valence-corrected chi connectivity index (χ1v) is 13.9. The van der Waals surface area contributed by atoms with Crippen LogP contribution in [0.4, 0.5) is 0 Å². The second-order valence-electron chi connectivity index (χ2n) is 10.9. The normalized spacial score (nSPS) is 35.4. The number of rotatable bonds is 13. The van der Waals surface area contributed by atoms with E-state index >= 15 is 0 Å². The van der Waals surface area contributed by atoms with Gasteiger partial charge in [-0.3, -0.25) is 4.79 Å². The molecule has 10 atom stereocenters. The number of hydrogen-bond acceptors (Lipinski definition) is 11. The molecule has 0 bridgehead atoms. The van der Waals surface area contributed by atoms with Crippen molar-refractivity contribution in [3.8, 4) is 0 Å². The topological polar surface area (TPSA) is 164 Å². The minimum atomic E-state index is -1.57. The van der Waals surface area contributed by atoms with E-state index in [9.17, 15) is 30.3 Å². The lowest BCUT2D eigenvalue weighted by atomic mass is 9.98. The van der Waals surface area contributed by atoms with Crippen molar-refractivity contribution in [3.63, 3.8) is 0 Å². The predicted molar refractivity (Wildman–Crippen MR) is 146 cm³/mol. The van der Waals surface area contributed by atoms with Gasteiger partial charge in [0.25, 0.3) is 0 Å². The number of allylic oxidation sites excluding steroid dienone is 5. The average Bonchev–Trinajstić information content (AvgIpc) is 2.88. The highest BCUT2D eigenvalue weighted by atomic mass is 16.7. The molecule has 0 aromatic rings. The maximum Gasteiger partial charge on any atom is 0.303 e. The van der Waals surface area contributed by atoms with E-state index in [4.69, 9.17) is 23.7 Å². The van der Waals surface area contributed by atoms with Gasteiger partial charge in [-0.05, 0) is 60.3 Å². The molecule has 2 aliphatic rings. The van der Waals surface area contributed by atoms with Crippen LogP contribution >= 0.6 is 0 Å². The number of aliphatic hydroxyl groups is 5. The van der Waals surface area contributed by atoms with Crippen LogP contribution in [0.15, 0.2) is 34.9 Å². The molecule has 0 amide bonds. The van der Waals surface area contributed by atoms with Gasteiger partial charge in [0.05, 0.1) is 19.3 Å². The van der Waals surface area contributed by atoms with Crippen molar-refractivity contribution in [2.45, 2.75) is 129 Å². The first-order valence-electron chi connectivity index (χ1n) is 13.9. The molecule has 11 nitrogen and oxygen atoms in total. The summed E-state index contributed by atoms with van der Waals surface area (Å²) in [6, 6.07) is 0. The molecule has 0 saturated carbocycles. The third-order valence-corrected chi connectivity index (χ3v) is 6.99. The summed E-state index contributed by atoms with van der Waals surface area (Å²) >= 11 is 0. The van der Waals surface area contributed by atoms with Gasteiger partial charge < -0.3 is 49.2 Å². The van der Waals surface area contributed by atoms with E-state index in [1.54, 1.807) is 0 Å². The second-order valence-corrected chi connectivity index (χ2v) is 10.9. The molecule has 0 aliphatic carbocycles. The smallest absolute Gasteiger partial charge is 0.303 e. The number of carbonyl (C=O) groups excluding carboxylic acids is 1. The van der Waals surface area contributed by atoms with Crippen LogP contribution < -0.4 is 0 Å². The van der Waals surface area contributed by atoms with Gasteiger partial charge in [0, 0.05) is 6.92 Å². The third kappa shape index (κ3) is 10.6. The minimum absolute atomic E-state index is 0.120. The van der Waals surface area contributed by atoms with Crippen LogP contribution in [0.25, 0.3) is 0 Å². The molecule has 2 heterocycles. The zero-order valence-electron chi connectivity index (χ0n) is 24.4. The van der Waals surface area contributed by atoms with Crippen LogP contribution in [-0.4, -0.2) is 106 Å². The molecule has 2 rings (SSSR count). The fourth-order valence-electron chi connectivity index (χ4n) is 4.46. The SMILES string of the molecule is CC(=O)O[C@H]1[C@H](OC[C@H]2O[C@@H](OC/C=C(\C)CC/C=C(\C)CCC=C(C)C)[C@H](O)[C@@H](O)[C@@H]2O)O[C@@H](C)[C@H](O)[C@H]1O. The quantitative estimate of drug-likeness (QED) is 0.161. The molecule has 0 aromatic heterocycles. The maximum absolute atomic E-state index is 11.5. The van der Waals surface area contributed by atoms with E-state index in [0.29, 0.717) is 0 Å². The molecular formula is C29H48O11.